The highest BCUT2D eigenvalue weighted by Crippen LogP contribution is 2.30. The van der Waals surface area contributed by atoms with Crippen LogP contribution >= 0.6 is 35.3 Å². The van der Waals surface area contributed by atoms with Gasteiger partial charge < -0.3 is 83.2 Å². The number of fused-ring (bicyclic) bond motifs is 4. The SMILES string of the molecule is CCCCCC(=O)N[C@H]1CSCc2cc(CSCCNC(=O)CCc3ccc(O)c(CN(CCN(CC(=O)O)Cc4cc(CCC(=O)O)ccc4O)CC(=O)O)c3)cc(c2)CSC[C@@H](C(=O)O)NC(=O)[C@H](Cc2ccccc2)NC(=O)[C@H](CCC(N)=O)NC(=O)[C@H]([C@@H](C)O)NC(=O)[C@@H]2CCCN2C(=O)[C@@H]2CCCN2C1=O. The Morgan fingerprint density at radius 2 is 1.19 bits per heavy atom. The third kappa shape index (κ3) is 29.6. The van der Waals surface area contributed by atoms with E-state index in [-0.39, 0.29) is 138 Å². The fourth-order valence-corrected chi connectivity index (χ4v) is 16.1. The van der Waals surface area contributed by atoms with E-state index >= 15 is 0 Å². The van der Waals surface area contributed by atoms with E-state index in [0.29, 0.717) is 64.3 Å². The van der Waals surface area contributed by atoms with Crippen LogP contribution in [0.4, 0.5) is 0 Å². The van der Waals surface area contributed by atoms with Crippen LogP contribution in [-0.2, 0) is 112 Å². The average molecular weight is 1600 g/mol. The molecule has 15 N–H and O–H groups in total. The number of carboxylic acids is 4. The summed E-state index contributed by atoms with van der Waals surface area (Å²) in [6.45, 7) is 2.82. The van der Waals surface area contributed by atoms with Gasteiger partial charge in [-0.15, -0.1) is 0 Å². The molecule has 2 fully saturated rings. The predicted molar refractivity (Wildman–Crippen MR) is 415 cm³/mol. The number of rotatable bonds is 34. The van der Waals surface area contributed by atoms with Crippen LogP contribution in [0.5, 0.6) is 11.5 Å². The summed E-state index contributed by atoms with van der Waals surface area (Å²) >= 11 is 4.09. The van der Waals surface area contributed by atoms with Gasteiger partial charge in [-0.2, -0.15) is 35.3 Å². The zero-order chi connectivity index (χ0) is 80.7. The molecular formula is C77H103N11O20S3. The number of aliphatic carboxylic acids is 4. The Hall–Kier alpha value is -9.48. The summed E-state index contributed by atoms with van der Waals surface area (Å²) in [6.07, 6.45) is 1.34. The quantitative estimate of drug-likeness (QED) is 0.0299. The number of phenols is 2. The molecule has 8 atom stereocenters. The maximum atomic E-state index is 14.9. The first-order valence-corrected chi connectivity index (χ1v) is 40.7. The van der Waals surface area contributed by atoms with Crippen LogP contribution in [0.2, 0.25) is 0 Å². The molecule has 3 aliphatic rings. The van der Waals surface area contributed by atoms with Gasteiger partial charge in [0.1, 0.15) is 53.8 Å². The summed E-state index contributed by atoms with van der Waals surface area (Å²) < 4.78 is 0. The zero-order valence-electron chi connectivity index (χ0n) is 62.4. The van der Waals surface area contributed by atoms with Crippen molar-refractivity contribution in [3.63, 3.8) is 0 Å². The van der Waals surface area contributed by atoms with Crippen LogP contribution in [0.15, 0.2) is 84.9 Å². The topological polar surface area (TPSA) is 475 Å². The molecule has 0 aliphatic carbocycles. The number of nitrogens with zero attached hydrogens (tertiary/aromatic N) is 4. The van der Waals surface area contributed by atoms with Crippen molar-refractivity contribution >= 4 is 112 Å². The van der Waals surface area contributed by atoms with Gasteiger partial charge in [-0.3, -0.25) is 67.3 Å². The number of aliphatic hydroxyl groups is 1. The Morgan fingerprint density at radius 1 is 0.613 bits per heavy atom. The van der Waals surface area contributed by atoms with Crippen molar-refractivity contribution in [1.29, 1.82) is 0 Å². The summed E-state index contributed by atoms with van der Waals surface area (Å²) in [5, 5.41) is 88.1. The number of phenolic OH excluding ortho intramolecular Hbond substituents is 2. The second-order valence-electron chi connectivity index (χ2n) is 28.0. The second-order valence-corrected chi connectivity index (χ2v) is 31.2. The number of carboxylic acid groups (broad SMARTS) is 4. The zero-order valence-corrected chi connectivity index (χ0v) is 64.9. The van der Waals surface area contributed by atoms with Gasteiger partial charge >= 0.3 is 23.9 Å². The minimum atomic E-state index is -1.72. The van der Waals surface area contributed by atoms with E-state index in [1.165, 1.54) is 73.9 Å². The molecule has 0 spiro atoms. The number of unbranched alkanes of at least 4 members (excludes halogenated alkanes) is 2. The summed E-state index contributed by atoms with van der Waals surface area (Å²) in [7, 11) is 0. The lowest BCUT2D eigenvalue weighted by molar-refractivity contribution is -0.148. The third-order valence-corrected chi connectivity index (χ3v) is 22.3. The first-order valence-electron chi connectivity index (χ1n) is 37.2. The van der Waals surface area contributed by atoms with Gasteiger partial charge in [0.15, 0.2) is 0 Å². The number of nitrogens with one attached hydrogen (secondary N) is 6. The number of thioether (sulfide) groups is 3. The first-order chi connectivity index (χ1) is 53.0. The fraction of sp³-hybridized carbons (Fsp3) is 0.519. The number of amides is 9. The molecule has 0 saturated carbocycles. The Bertz CT molecular complexity index is 3910. The molecule has 4 aromatic rings. The van der Waals surface area contributed by atoms with E-state index in [1.54, 1.807) is 54.6 Å². The number of aromatic hydroxyl groups is 2. The number of hydrogen-bond acceptors (Lipinski definition) is 21. The van der Waals surface area contributed by atoms with Gasteiger partial charge in [-0.1, -0.05) is 92.6 Å². The number of aliphatic hydroxyl groups excluding tert-OH is 1. The van der Waals surface area contributed by atoms with E-state index in [9.17, 15) is 93.0 Å². The standard InChI is InChI=1S/C77H103N11O20S3/c1-3-4-6-15-66(94)80-58-45-110-43-52-32-51(42-109-31-26-79-65(93)24-18-49-16-21-62(90)54(35-49)38-85(40-68(97)98)29-30-86(41-69(99)100)39-55-36-50(17-22-63(55)91)19-25-67(95)96)33-53(34-52)44-111-46-59(77(107)108)83-72(102)57(37-48-11-7-5-8-12-48)82-71(101)56(20-23-64(78)92)81-74(104)70(47(2)89)84-73(103)60-13-9-27-87(60)76(106)61-14-10-28-88(61)75(58)105/h5,7-8,11-12,16-17,21-22,32-36,47,56-61,70,89-91H,3-4,6,9-10,13-15,18-20,23-31,37-46H2,1-2H3,(H2,78,92)(H,79,93)(H,80,94)(H,81,104)(H,82,101)(H,83,102)(H,84,103)(H,95,96)(H,97,98)(H,99,100)(H,107,108)/t47-,56+,57+,58+,59+,60+,61+,70+/m1/s1. The fourth-order valence-electron chi connectivity index (χ4n) is 13.4. The molecule has 2 bridgehead atoms. The lowest BCUT2D eigenvalue weighted by atomic mass is 10.0. The molecule has 604 valence electrons. The van der Waals surface area contributed by atoms with E-state index < -0.39 is 140 Å². The van der Waals surface area contributed by atoms with Crippen LogP contribution < -0.4 is 37.6 Å². The van der Waals surface area contributed by atoms with Crippen LogP contribution in [-0.4, -0.2) is 244 Å². The molecule has 111 heavy (non-hydrogen) atoms. The molecule has 34 heteroatoms. The number of carbonyl (C=O) groups excluding carboxylic acids is 9. The third-order valence-electron chi connectivity index (χ3n) is 19.1. The van der Waals surface area contributed by atoms with Gasteiger partial charge in [-0.25, -0.2) is 4.79 Å². The molecule has 3 heterocycles. The molecule has 0 unspecified atom stereocenters. The van der Waals surface area contributed by atoms with Crippen molar-refractivity contribution in [1.82, 2.24) is 51.5 Å². The van der Waals surface area contributed by atoms with E-state index in [0.717, 1.165) is 29.5 Å². The predicted octanol–water partition coefficient (Wildman–Crippen LogP) is 3.01. The van der Waals surface area contributed by atoms with E-state index in [2.05, 4.69) is 31.9 Å². The molecule has 0 radical (unpaired) electrons. The van der Waals surface area contributed by atoms with Gasteiger partial charge in [0.2, 0.25) is 53.2 Å². The van der Waals surface area contributed by atoms with E-state index in [4.69, 9.17) is 10.8 Å². The van der Waals surface area contributed by atoms with Crippen LogP contribution in [0.3, 0.4) is 0 Å². The smallest absolute Gasteiger partial charge is 0.327 e. The van der Waals surface area contributed by atoms with Gasteiger partial charge in [0.25, 0.3) is 0 Å². The Morgan fingerprint density at radius 3 is 1.77 bits per heavy atom. The first kappa shape index (κ1) is 88.7. The maximum absolute atomic E-state index is 14.9. The minimum absolute atomic E-state index is 0.0286. The summed E-state index contributed by atoms with van der Waals surface area (Å²) in [6, 6.07) is 14.2. The highest BCUT2D eigenvalue weighted by Gasteiger charge is 2.45. The van der Waals surface area contributed by atoms with Crippen LogP contribution in [0.1, 0.15) is 135 Å². The second kappa shape index (κ2) is 45.1. The number of primary amides is 1. The summed E-state index contributed by atoms with van der Waals surface area (Å²) in [5.41, 5.74) is 10.5. The van der Waals surface area contributed by atoms with E-state index in [1.807, 2.05) is 25.1 Å². The number of nitrogens with two attached hydrogens (primary N) is 1. The number of aryl methyl sites for hydroxylation is 2. The molecular weight excluding hydrogens is 1500 g/mol. The van der Waals surface area contributed by atoms with Crippen molar-refractivity contribution in [2.75, 3.05) is 63.1 Å². The Kier molecular flexibility index (Phi) is 36.1. The minimum Gasteiger partial charge on any atom is -0.508 e. The average Bonchev–Trinajstić information content (AvgIpc) is 1.67. The Labute approximate surface area is 657 Å². The molecule has 9 amide bonds. The molecule has 0 aromatic heterocycles. The molecule has 3 aliphatic heterocycles. The van der Waals surface area contributed by atoms with Gasteiger partial charge in [-0.05, 0) is 104 Å². The molecule has 2 saturated heterocycles. The van der Waals surface area contributed by atoms with Crippen molar-refractivity contribution < 1.29 is 98.1 Å². The Balaban J connectivity index is 1.07. The monoisotopic (exact) mass is 1600 g/mol. The van der Waals surface area contributed by atoms with Crippen molar-refractivity contribution in [3.8, 4) is 11.5 Å². The lowest BCUT2D eigenvalue weighted by Crippen LogP contribution is -2.61. The number of hydrogen-bond donors (Lipinski definition) is 14. The highest BCUT2D eigenvalue weighted by atomic mass is 32.2. The maximum Gasteiger partial charge on any atom is 0.327 e. The molecule has 7 rings (SSSR count). The van der Waals surface area contributed by atoms with Crippen molar-refractivity contribution in [2.24, 2.45) is 5.73 Å². The molecule has 4 aromatic carbocycles. The largest absolute Gasteiger partial charge is 0.508 e. The summed E-state index contributed by atoms with van der Waals surface area (Å²) in [5.74, 6) is -9.81. The number of carbonyl (C=O) groups is 13. The van der Waals surface area contributed by atoms with Gasteiger partial charge in [0.05, 0.1) is 19.2 Å². The van der Waals surface area contributed by atoms with Gasteiger partial charge in [0, 0.05) is 124 Å². The summed E-state index contributed by atoms with van der Waals surface area (Å²) in [4.78, 5) is 180. The van der Waals surface area contributed by atoms with Crippen LogP contribution in [0, 0.1) is 0 Å². The highest BCUT2D eigenvalue weighted by molar-refractivity contribution is 7.99. The number of benzene rings is 4. The van der Waals surface area contributed by atoms with Crippen molar-refractivity contribution in [3.05, 3.63) is 129 Å². The van der Waals surface area contributed by atoms with Crippen molar-refractivity contribution in [2.45, 2.75) is 189 Å². The normalized spacial score (nSPS) is 20.2. The molecule has 31 nitrogen and oxygen atoms in total. The van der Waals surface area contributed by atoms with Crippen LogP contribution in [0.25, 0.3) is 0 Å². The lowest BCUT2D eigenvalue weighted by Gasteiger charge is -2.33.